The second kappa shape index (κ2) is 6.89. The maximum absolute atomic E-state index is 13.4. The zero-order valence-electron chi connectivity index (χ0n) is 15.0. The largest absolute Gasteiger partial charge is 0.337 e. The molecule has 2 aliphatic heterocycles. The molecule has 0 aliphatic carbocycles. The van der Waals surface area contributed by atoms with Crippen LogP contribution < -0.4 is 0 Å². The number of piperidine rings is 1. The fourth-order valence-electron chi connectivity index (χ4n) is 4.40. The van der Waals surface area contributed by atoms with Crippen LogP contribution in [-0.4, -0.2) is 45.5 Å². The number of rotatable bonds is 4. The van der Waals surface area contributed by atoms with E-state index in [0.717, 1.165) is 37.6 Å². The first-order valence-corrected chi connectivity index (χ1v) is 9.27. The van der Waals surface area contributed by atoms with Gasteiger partial charge in [0.2, 0.25) is 0 Å². The third-order valence-corrected chi connectivity index (χ3v) is 6.02. The van der Waals surface area contributed by atoms with Crippen molar-refractivity contribution < 1.29 is 4.39 Å². The third kappa shape index (κ3) is 3.77. The summed E-state index contributed by atoms with van der Waals surface area (Å²) >= 11 is 0. The molecular weight excluding hydrogens is 315 g/mol. The van der Waals surface area contributed by atoms with Gasteiger partial charge in [-0.3, -0.25) is 9.80 Å². The van der Waals surface area contributed by atoms with Gasteiger partial charge in [-0.25, -0.2) is 9.37 Å². The second-order valence-electron chi connectivity index (χ2n) is 7.82. The van der Waals surface area contributed by atoms with Crippen LogP contribution in [0, 0.1) is 11.2 Å². The van der Waals surface area contributed by atoms with Gasteiger partial charge in [-0.2, -0.15) is 0 Å². The van der Waals surface area contributed by atoms with Crippen LogP contribution in [0.15, 0.2) is 36.7 Å². The van der Waals surface area contributed by atoms with Crippen LogP contribution in [0.2, 0.25) is 0 Å². The molecule has 0 amide bonds. The number of hydrogen-bond acceptors (Lipinski definition) is 3. The predicted molar refractivity (Wildman–Crippen MR) is 96.4 cm³/mol. The number of hydrogen-bond donors (Lipinski definition) is 0. The Balaban J connectivity index is 1.30. The van der Waals surface area contributed by atoms with Crippen molar-refractivity contribution in [3.63, 3.8) is 0 Å². The topological polar surface area (TPSA) is 24.3 Å². The van der Waals surface area contributed by atoms with Crippen molar-refractivity contribution in [1.82, 2.24) is 19.4 Å². The van der Waals surface area contributed by atoms with Crippen LogP contribution in [0.5, 0.6) is 0 Å². The minimum Gasteiger partial charge on any atom is -0.337 e. The van der Waals surface area contributed by atoms with E-state index in [1.54, 1.807) is 6.07 Å². The molecule has 5 heteroatoms. The second-order valence-corrected chi connectivity index (χ2v) is 7.82. The first-order chi connectivity index (χ1) is 12.1. The molecule has 2 aromatic rings. The first-order valence-electron chi connectivity index (χ1n) is 9.27. The molecule has 0 radical (unpaired) electrons. The summed E-state index contributed by atoms with van der Waals surface area (Å²) in [6.45, 7) is 6.42. The van der Waals surface area contributed by atoms with Gasteiger partial charge in [0.25, 0.3) is 0 Å². The number of aromatic nitrogens is 2. The van der Waals surface area contributed by atoms with Gasteiger partial charge in [0.15, 0.2) is 0 Å². The SMILES string of the molecule is Cn1ccnc1CN1CCC2(CCN(Cc3cccc(F)c3)CC2)C1. The molecule has 0 N–H and O–H groups in total. The van der Waals surface area contributed by atoms with Gasteiger partial charge >= 0.3 is 0 Å². The summed E-state index contributed by atoms with van der Waals surface area (Å²) in [6, 6.07) is 7.01. The first kappa shape index (κ1) is 16.7. The minimum atomic E-state index is -0.133. The molecule has 1 aromatic heterocycles. The lowest BCUT2D eigenvalue weighted by Crippen LogP contribution is -2.41. The Morgan fingerprint density at radius 2 is 1.84 bits per heavy atom. The lowest BCUT2D eigenvalue weighted by atomic mass is 9.77. The fraction of sp³-hybridized carbons (Fsp3) is 0.550. The average molecular weight is 342 g/mol. The van der Waals surface area contributed by atoms with E-state index in [4.69, 9.17) is 0 Å². The lowest BCUT2D eigenvalue weighted by Gasteiger charge is -2.39. The number of benzene rings is 1. The van der Waals surface area contributed by atoms with E-state index in [2.05, 4.69) is 26.4 Å². The fourth-order valence-corrected chi connectivity index (χ4v) is 4.40. The molecule has 2 saturated heterocycles. The normalized spacial score (nSPS) is 21.2. The zero-order chi connectivity index (χ0) is 17.3. The smallest absolute Gasteiger partial charge is 0.123 e. The number of halogens is 1. The van der Waals surface area contributed by atoms with Crippen molar-refractivity contribution >= 4 is 0 Å². The minimum absolute atomic E-state index is 0.133. The summed E-state index contributed by atoms with van der Waals surface area (Å²) in [5, 5.41) is 0. The van der Waals surface area contributed by atoms with Gasteiger partial charge in [-0.15, -0.1) is 0 Å². The molecule has 25 heavy (non-hydrogen) atoms. The van der Waals surface area contributed by atoms with Crippen LogP contribution in [0.25, 0.3) is 0 Å². The van der Waals surface area contributed by atoms with Crippen LogP contribution in [-0.2, 0) is 20.1 Å². The molecule has 4 rings (SSSR count). The van der Waals surface area contributed by atoms with Gasteiger partial charge in [-0.1, -0.05) is 12.1 Å². The Bertz CT molecular complexity index is 718. The van der Waals surface area contributed by atoms with E-state index in [1.807, 2.05) is 24.5 Å². The third-order valence-electron chi connectivity index (χ3n) is 6.02. The quantitative estimate of drug-likeness (QED) is 0.853. The zero-order valence-corrected chi connectivity index (χ0v) is 15.0. The number of nitrogens with zero attached hydrogens (tertiary/aromatic N) is 4. The van der Waals surface area contributed by atoms with Crippen LogP contribution >= 0.6 is 0 Å². The summed E-state index contributed by atoms with van der Waals surface area (Å²) in [5.74, 6) is 1.02. The molecule has 2 fully saturated rings. The Kier molecular flexibility index (Phi) is 4.61. The molecule has 1 aromatic carbocycles. The molecule has 0 atom stereocenters. The van der Waals surface area contributed by atoms with Crippen LogP contribution in [0.4, 0.5) is 4.39 Å². The Hall–Kier alpha value is -1.72. The maximum Gasteiger partial charge on any atom is 0.123 e. The highest BCUT2D eigenvalue weighted by Crippen LogP contribution is 2.40. The Morgan fingerprint density at radius 3 is 2.52 bits per heavy atom. The molecule has 0 unspecified atom stereocenters. The van der Waals surface area contributed by atoms with Crippen LogP contribution in [0.1, 0.15) is 30.7 Å². The van der Waals surface area contributed by atoms with Crippen molar-refractivity contribution in [1.29, 1.82) is 0 Å². The van der Waals surface area contributed by atoms with E-state index in [1.165, 1.54) is 38.4 Å². The molecule has 4 nitrogen and oxygen atoms in total. The Morgan fingerprint density at radius 1 is 1.08 bits per heavy atom. The van der Waals surface area contributed by atoms with Gasteiger partial charge in [-0.05, 0) is 62.0 Å². The monoisotopic (exact) mass is 342 g/mol. The predicted octanol–water partition coefficient (Wildman–Crippen LogP) is 3.05. The van der Waals surface area contributed by atoms with Crippen molar-refractivity contribution in [2.75, 3.05) is 26.2 Å². The van der Waals surface area contributed by atoms with Gasteiger partial charge in [0.05, 0.1) is 6.54 Å². The number of imidazole rings is 1. The lowest BCUT2D eigenvalue weighted by molar-refractivity contribution is 0.101. The van der Waals surface area contributed by atoms with Gasteiger partial charge < -0.3 is 4.57 Å². The number of likely N-dealkylation sites (tertiary alicyclic amines) is 2. The van der Waals surface area contributed by atoms with E-state index in [-0.39, 0.29) is 5.82 Å². The van der Waals surface area contributed by atoms with E-state index < -0.39 is 0 Å². The molecule has 0 bridgehead atoms. The van der Waals surface area contributed by atoms with E-state index in [0.29, 0.717) is 5.41 Å². The summed E-state index contributed by atoms with van der Waals surface area (Å²) < 4.78 is 15.5. The summed E-state index contributed by atoms with van der Waals surface area (Å²) in [7, 11) is 2.07. The molecular formula is C20H27FN4. The highest BCUT2D eigenvalue weighted by atomic mass is 19.1. The van der Waals surface area contributed by atoms with Crippen molar-refractivity contribution in [2.45, 2.75) is 32.4 Å². The average Bonchev–Trinajstić information content (AvgIpc) is 3.18. The summed E-state index contributed by atoms with van der Waals surface area (Å²) in [6.07, 6.45) is 7.70. The summed E-state index contributed by atoms with van der Waals surface area (Å²) in [5.41, 5.74) is 1.56. The molecule has 1 spiro atoms. The van der Waals surface area contributed by atoms with Gasteiger partial charge in [0, 0.05) is 32.5 Å². The molecule has 2 aliphatic rings. The Labute approximate surface area is 149 Å². The van der Waals surface area contributed by atoms with E-state index >= 15 is 0 Å². The van der Waals surface area contributed by atoms with Crippen LogP contribution in [0.3, 0.4) is 0 Å². The molecule has 0 saturated carbocycles. The number of aryl methyl sites for hydroxylation is 1. The molecule has 3 heterocycles. The highest BCUT2D eigenvalue weighted by molar-refractivity contribution is 5.16. The highest BCUT2D eigenvalue weighted by Gasteiger charge is 2.40. The van der Waals surface area contributed by atoms with E-state index in [9.17, 15) is 4.39 Å². The molecule has 134 valence electrons. The van der Waals surface area contributed by atoms with Crippen molar-refractivity contribution in [2.24, 2.45) is 12.5 Å². The van der Waals surface area contributed by atoms with Crippen molar-refractivity contribution in [3.05, 3.63) is 53.9 Å². The van der Waals surface area contributed by atoms with Gasteiger partial charge in [0.1, 0.15) is 11.6 Å². The summed E-state index contributed by atoms with van der Waals surface area (Å²) in [4.78, 5) is 9.49. The standard InChI is InChI=1S/C20H27FN4/c1-23-12-8-22-19(23)15-25-11-7-20(16-25)5-9-24(10-6-20)14-17-3-2-4-18(21)13-17/h2-4,8,12-13H,5-7,9-11,14-16H2,1H3. The van der Waals surface area contributed by atoms with Crippen molar-refractivity contribution in [3.8, 4) is 0 Å². The maximum atomic E-state index is 13.4.